The summed E-state index contributed by atoms with van der Waals surface area (Å²) in [5.41, 5.74) is 0. The second-order valence-corrected chi connectivity index (χ2v) is 5.38. The fourth-order valence-electron chi connectivity index (χ4n) is 1.94. The van der Waals surface area contributed by atoms with Crippen LogP contribution >= 0.6 is 11.3 Å². The lowest BCUT2D eigenvalue weighted by atomic mass is 9.95. The third-order valence-electron chi connectivity index (χ3n) is 2.91. The molecule has 1 fully saturated rings. The standard InChI is InChI=1S/C11H18N2OS/c1-8(14)10-7-13-11(15-10)6-9-2-4-12-5-3-9/h7-9,12,14H,2-6H2,1H3. The number of hydrogen-bond acceptors (Lipinski definition) is 4. The summed E-state index contributed by atoms with van der Waals surface area (Å²) in [5, 5.41) is 13.9. The smallest absolute Gasteiger partial charge is 0.0931 e. The summed E-state index contributed by atoms with van der Waals surface area (Å²) in [6.45, 7) is 4.07. The van der Waals surface area contributed by atoms with Crippen LogP contribution in [0.25, 0.3) is 0 Å². The molecule has 1 atom stereocenters. The molecule has 0 aromatic carbocycles. The molecule has 1 aliphatic rings. The third kappa shape index (κ3) is 3.00. The van der Waals surface area contributed by atoms with Crippen LogP contribution in [0.15, 0.2) is 6.20 Å². The van der Waals surface area contributed by atoms with E-state index in [0.29, 0.717) is 0 Å². The first kappa shape index (κ1) is 11.0. The van der Waals surface area contributed by atoms with E-state index < -0.39 is 0 Å². The predicted octanol–water partition coefficient (Wildman–Crippen LogP) is 1.74. The van der Waals surface area contributed by atoms with Gasteiger partial charge in [0.2, 0.25) is 0 Å². The highest BCUT2D eigenvalue weighted by atomic mass is 32.1. The van der Waals surface area contributed by atoms with E-state index in [2.05, 4.69) is 10.3 Å². The lowest BCUT2D eigenvalue weighted by Gasteiger charge is -2.21. The van der Waals surface area contributed by atoms with Crippen molar-refractivity contribution in [3.8, 4) is 0 Å². The molecule has 1 unspecified atom stereocenters. The normalized spacial score (nSPS) is 20.4. The van der Waals surface area contributed by atoms with E-state index >= 15 is 0 Å². The Morgan fingerprint density at radius 2 is 2.33 bits per heavy atom. The third-order valence-corrected chi connectivity index (χ3v) is 4.10. The minimum atomic E-state index is -0.371. The topological polar surface area (TPSA) is 45.2 Å². The zero-order chi connectivity index (χ0) is 10.7. The van der Waals surface area contributed by atoms with Gasteiger partial charge in [0.05, 0.1) is 16.0 Å². The second kappa shape index (κ2) is 5.05. The van der Waals surface area contributed by atoms with Crippen LogP contribution < -0.4 is 5.32 Å². The maximum atomic E-state index is 9.40. The molecule has 3 nitrogen and oxygen atoms in total. The largest absolute Gasteiger partial charge is 0.388 e. The van der Waals surface area contributed by atoms with Gasteiger partial charge in [0.1, 0.15) is 0 Å². The zero-order valence-corrected chi connectivity index (χ0v) is 9.89. The molecule has 15 heavy (non-hydrogen) atoms. The van der Waals surface area contributed by atoms with Crippen molar-refractivity contribution in [1.29, 1.82) is 0 Å². The van der Waals surface area contributed by atoms with Gasteiger partial charge in [-0.25, -0.2) is 4.98 Å². The van der Waals surface area contributed by atoms with Crippen LogP contribution in [0.3, 0.4) is 0 Å². The maximum Gasteiger partial charge on any atom is 0.0931 e. The molecule has 2 rings (SSSR count). The lowest BCUT2D eigenvalue weighted by Crippen LogP contribution is -2.28. The van der Waals surface area contributed by atoms with E-state index in [-0.39, 0.29) is 6.10 Å². The van der Waals surface area contributed by atoms with Gasteiger partial charge in [0, 0.05) is 12.6 Å². The van der Waals surface area contributed by atoms with Crippen LogP contribution in [0.1, 0.15) is 35.8 Å². The van der Waals surface area contributed by atoms with Gasteiger partial charge in [-0.1, -0.05) is 0 Å². The Morgan fingerprint density at radius 3 is 2.93 bits per heavy atom. The fourth-order valence-corrected chi connectivity index (χ4v) is 2.92. The number of hydrogen-bond donors (Lipinski definition) is 2. The molecule has 0 saturated carbocycles. The van der Waals surface area contributed by atoms with Gasteiger partial charge in [0.15, 0.2) is 0 Å². The highest BCUT2D eigenvalue weighted by Gasteiger charge is 2.16. The number of nitrogens with one attached hydrogen (secondary N) is 1. The Balaban J connectivity index is 1.91. The Morgan fingerprint density at radius 1 is 1.60 bits per heavy atom. The summed E-state index contributed by atoms with van der Waals surface area (Å²) in [4.78, 5) is 5.35. The molecule has 0 radical (unpaired) electrons. The second-order valence-electron chi connectivity index (χ2n) is 4.23. The van der Waals surface area contributed by atoms with Crippen molar-refractivity contribution in [2.45, 2.75) is 32.3 Å². The molecule has 2 N–H and O–H groups in total. The number of nitrogens with zero attached hydrogens (tertiary/aromatic N) is 1. The molecule has 0 bridgehead atoms. The summed E-state index contributed by atoms with van der Waals surface area (Å²) < 4.78 is 0. The van der Waals surface area contributed by atoms with E-state index in [9.17, 15) is 5.11 Å². The van der Waals surface area contributed by atoms with Crippen molar-refractivity contribution in [3.63, 3.8) is 0 Å². The average Bonchev–Trinajstić information content (AvgIpc) is 2.68. The first-order valence-electron chi connectivity index (χ1n) is 5.59. The van der Waals surface area contributed by atoms with Crippen LogP contribution in [0.5, 0.6) is 0 Å². The van der Waals surface area contributed by atoms with Gasteiger partial charge in [0.25, 0.3) is 0 Å². The number of aliphatic hydroxyl groups excluding tert-OH is 1. The molecule has 1 saturated heterocycles. The van der Waals surface area contributed by atoms with Crippen molar-refractivity contribution in [2.24, 2.45) is 5.92 Å². The maximum absolute atomic E-state index is 9.40. The van der Waals surface area contributed by atoms with Crippen LogP contribution in [0.4, 0.5) is 0 Å². The van der Waals surface area contributed by atoms with Crippen molar-refractivity contribution in [1.82, 2.24) is 10.3 Å². The highest BCUT2D eigenvalue weighted by Crippen LogP contribution is 2.24. The molecule has 0 spiro atoms. The molecule has 1 aromatic heterocycles. The van der Waals surface area contributed by atoms with Gasteiger partial charge >= 0.3 is 0 Å². The molecule has 84 valence electrons. The van der Waals surface area contributed by atoms with Gasteiger partial charge in [-0.15, -0.1) is 11.3 Å². The first-order valence-corrected chi connectivity index (χ1v) is 6.40. The van der Waals surface area contributed by atoms with Crippen LogP contribution in [0, 0.1) is 5.92 Å². The summed E-state index contributed by atoms with van der Waals surface area (Å²) in [7, 11) is 0. The van der Waals surface area contributed by atoms with Crippen molar-refractivity contribution >= 4 is 11.3 Å². The summed E-state index contributed by atoms with van der Waals surface area (Å²) >= 11 is 1.65. The number of aromatic nitrogens is 1. The van der Waals surface area contributed by atoms with E-state index in [0.717, 1.165) is 30.3 Å². The van der Waals surface area contributed by atoms with Crippen molar-refractivity contribution in [3.05, 3.63) is 16.1 Å². The van der Waals surface area contributed by atoms with E-state index in [1.807, 2.05) is 6.20 Å². The highest BCUT2D eigenvalue weighted by molar-refractivity contribution is 7.11. The van der Waals surface area contributed by atoms with Gasteiger partial charge < -0.3 is 10.4 Å². The van der Waals surface area contributed by atoms with Crippen LogP contribution in [-0.2, 0) is 6.42 Å². The molecular weight excluding hydrogens is 208 g/mol. The predicted molar refractivity (Wildman–Crippen MR) is 62.0 cm³/mol. The Hall–Kier alpha value is -0.450. The Bertz CT molecular complexity index is 305. The average molecular weight is 226 g/mol. The molecule has 0 amide bonds. The minimum absolute atomic E-state index is 0.371. The number of piperidine rings is 1. The number of thiazole rings is 1. The van der Waals surface area contributed by atoms with Gasteiger partial charge in [-0.2, -0.15) is 0 Å². The fraction of sp³-hybridized carbons (Fsp3) is 0.727. The van der Waals surface area contributed by atoms with Crippen LogP contribution in [-0.4, -0.2) is 23.2 Å². The van der Waals surface area contributed by atoms with E-state index in [4.69, 9.17) is 0 Å². The molecule has 1 aromatic rings. The quantitative estimate of drug-likeness (QED) is 0.825. The SMILES string of the molecule is CC(O)c1cnc(CC2CCNCC2)s1. The number of aliphatic hydroxyl groups is 1. The molecule has 0 aliphatic carbocycles. The summed E-state index contributed by atoms with van der Waals surface area (Å²) in [6.07, 6.45) is 5.03. The van der Waals surface area contributed by atoms with Crippen molar-refractivity contribution < 1.29 is 5.11 Å². The summed E-state index contributed by atoms with van der Waals surface area (Å²) in [6, 6.07) is 0. The molecule has 1 aliphatic heterocycles. The zero-order valence-electron chi connectivity index (χ0n) is 9.07. The minimum Gasteiger partial charge on any atom is -0.388 e. The van der Waals surface area contributed by atoms with Gasteiger partial charge in [-0.3, -0.25) is 0 Å². The molecule has 4 heteroatoms. The lowest BCUT2D eigenvalue weighted by molar-refractivity contribution is 0.203. The molecular formula is C11H18N2OS. The van der Waals surface area contributed by atoms with E-state index in [1.54, 1.807) is 18.3 Å². The van der Waals surface area contributed by atoms with Crippen molar-refractivity contribution in [2.75, 3.05) is 13.1 Å². The monoisotopic (exact) mass is 226 g/mol. The Kier molecular flexibility index (Phi) is 3.72. The first-order chi connectivity index (χ1) is 7.25. The summed E-state index contributed by atoms with van der Waals surface area (Å²) in [5.74, 6) is 0.777. The molecule has 2 heterocycles. The van der Waals surface area contributed by atoms with Gasteiger partial charge in [-0.05, 0) is 38.8 Å². The number of rotatable bonds is 3. The Labute approximate surface area is 94.5 Å². The van der Waals surface area contributed by atoms with E-state index in [1.165, 1.54) is 17.8 Å². The van der Waals surface area contributed by atoms with Crippen LogP contribution in [0.2, 0.25) is 0 Å².